The minimum absolute atomic E-state index is 0.0679. The Morgan fingerprint density at radius 2 is 2.06 bits per heavy atom. The van der Waals surface area contributed by atoms with E-state index in [-0.39, 0.29) is 5.91 Å². The van der Waals surface area contributed by atoms with Crippen molar-refractivity contribution >= 4 is 28.5 Å². The predicted octanol–water partition coefficient (Wildman–Crippen LogP) is 4.52. The third kappa shape index (κ3) is 4.61. The highest BCUT2D eigenvalue weighted by molar-refractivity contribution is 7.86. The van der Waals surface area contributed by atoms with E-state index in [1.807, 2.05) is 12.1 Å². The first-order valence-electron chi connectivity index (χ1n) is 11.2. The molecule has 166 valence electrons. The van der Waals surface area contributed by atoms with Gasteiger partial charge in [0.15, 0.2) is 5.75 Å². The average molecular weight is 443 g/mol. The van der Waals surface area contributed by atoms with E-state index in [9.17, 15) is 13.2 Å². The molecule has 1 heterocycles. The van der Waals surface area contributed by atoms with Gasteiger partial charge in [-0.25, -0.2) is 0 Å². The van der Waals surface area contributed by atoms with E-state index in [0.29, 0.717) is 35.6 Å². The highest BCUT2D eigenvalue weighted by atomic mass is 32.2. The van der Waals surface area contributed by atoms with Gasteiger partial charge in [0.25, 0.3) is 0 Å². The SMILES string of the molecule is CCCCC1c2cc3c(cc2C=CC1C1CC=C(C(=O)NCCC)C1)OS(=O)(=O)N=C3. The van der Waals surface area contributed by atoms with Crippen LogP contribution in [0.5, 0.6) is 5.75 Å². The Labute approximate surface area is 184 Å². The summed E-state index contributed by atoms with van der Waals surface area (Å²) in [5, 5.41) is 3.00. The van der Waals surface area contributed by atoms with E-state index >= 15 is 0 Å². The maximum absolute atomic E-state index is 12.4. The molecule has 0 fully saturated rings. The molecule has 7 heteroatoms. The van der Waals surface area contributed by atoms with E-state index in [2.05, 4.69) is 41.8 Å². The summed E-state index contributed by atoms with van der Waals surface area (Å²) in [4.78, 5) is 12.4. The first-order chi connectivity index (χ1) is 14.9. The van der Waals surface area contributed by atoms with Crippen molar-refractivity contribution in [2.45, 2.75) is 58.3 Å². The summed E-state index contributed by atoms with van der Waals surface area (Å²) in [5.74, 6) is 1.47. The maximum Gasteiger partial charge on any atom is 0.428 e. The van der Waals surface area contributed by atoms with Crippen LogP contribution in [-0.4, -0.2) is 27.1 Å². The van der Waals surface area contributed by atoms with Gasteiger partial charge in [0.2, 0.25) is 5.91 Å². The fourth-order valence-corrected chi connectivity index (χ4v) is 5.57. The van der Waals surface area contributed by atoms with Crippen molar-refractivity contribution in [2.75, 3.05) is 6.54 Å². The molecule has 1 amide bonds. The zero-order valence-corrected chi connectivity index (χ0v) is 19.0. The monoisotopic (exact) mass is 442 g/mol. The quantitative estimate of drug-likeness (QED) is 0.673. The molecule has 0 bridgehead atoms. The van der Waals surface area contributed by atoms with E-state index in [4.69, 9.17) is 4.18 Å². The van der Waals surface area contributed by atoms with Crippen LogP contribution in [0.4, 0.5) is 0 Å². The van der Waals surface area contributed by atoms with Crippen molar-refractivity contribution in [1.82, 2.24) is 5.32 Å². The highest BCUT2D eigenvalue weighted by Gasteiger charge is 2.36. The number of allylic oxidation sites excluding steroid dienone is 2. The van der Waals surface area contributed by atoms with Gasteiger partial charge in [-0.2, -0.15) is 8.42 Å². The van der Waals surface area contributed by atoms with Crippen molar-refractivity contribution in [3.63, 3.8) is 0 Å². The summed E-state index contributed by atoms with van der Waals surface area (Å²) in [5.41, 5.74) is 3.84. The molecule has 1 aromatic rings. The predicted molar refractivity (Wildman–Crippen MR) is 122 cm³/mol. The molecule has 3 atom stereocenters. The molecule has 1 N–H and O–H groups in total. The number of benzene rings is 1. The molecule has 0 saturated heterocycles. The Kier molecular flexibility index (Phi) is 6.32. The summed E-state index contributed by atoms with van der Waals surface area (Å²) in [6.45, 7) is 4.96. The summed E-state index contributed by atoms with van der Waals surface area (Å²) in [6, 6.07) is 3.85. The van der Waals surface area contributed by atoms with Crippen LogP contribution in [0.1, 0.15) is 75.0 Å². The molecule has 6 nitrogen and oxygen atoms in total. The average Bonchev–Trinajstić information content (AvgIpc) is 3.24. The molecule has 1 aromatic carbocycles. The third-order valence-corrected chi connectivity index (χ3v) is 7.24. The van der Waals surface area contributed by atoms with Gasteiger partial charge in [-0.15, -0.1) is 4.40 Å². The number of hydrogen-bond acceptors (Lipinski definition) is 4. The Balaban J connectivity index is 1.59. The normalized spacial score (nSPS) is 25.4. The van der Waals surface area contributed by atoms with E-state index in [1.54, 1.807) is 0 Å². The van der Waals surface area contributed by atoms with Gasteiger partial charge >= 0.3 is 10.3 Å². The van der Waals surface area contributed by atoms with E-state index in [1.165, 1.54) is 11.8 Å². The fraction of sp³-hybridized carbons (Fsp3) is 0.500. The maximum atomic E-state index is 12.4. The van der Waals surface area contributed by atoms with Crippen molar-refractivity contribution < 1.29 is 17.4 Å². The zero-order chi connectivity index (χ0) is 22.0. The summed E-state index contributed by atoms with van der Waals surface area (Å²) >= 11 is 0. The lowest BCUT2D eigenvalue weighted by Gasteiger charge is -2.35. The second-order valence-corrected chi connectivity index (χ2v) is 9.87. The molecule has 2 aliphatic carbocycles. The molecule has 0 radical (unpaired) electrons. The lowest BCUT2D eigenvalue weighted by atomic mass is 9.70. The molecular formula is C24H30N2O4S. The number of unbranched alkanes of at least 4 members (excludes halogenated alkanes) is 1. The highest BCUT2D eigenvalue weighted by Crippen LogP contribution is 2.47. The van der Waals surface area contributed by atoms with Crippen LogP contribution in [0.2, 0.25) is 0 Å². The Hall–Kier alpha value is -2.41. The van der Waals surface area contributed by atoms with Crippen LogP contribution >= 0.6 is 0 Å². The van der Waals surface area contributed by atoms with E-state index in [0.717, 1.165) is 49.7 Å². The van der Waals surface area contributed by atoms with Crippen molar-refractivity contribution in [3.8, 4) is 5.75 Å². The molecule has 0 spiro atoms. The summed E-state index contributed by atoms with van der Waals surface area (Å²) < 4.78 is 32.0. The Bertz CT molecular complexity index is 1060. The van der Waals surface area contributed by atoms with Crippen molar-refractivity contribution in [1.29, 1.82) is 0 Å². The lowest BCUT2D eigenvalue weighted by Crippen LogP contribution is -2.27. The molecule has 31 heavy (non-hydrogen) atoms. The van der Waals surface area contributed by atoms with Gasteiger partial charge in [0.05, 0.1) is 6.21 Å². The number of carbonyl (C=O) groups is 1. The summed E-state index contributed by atoms with van der Waals surface area (Å²) in [6.07, 6.45) is 13.8. The molecule has 3 aliphatic rings. The van der Waals surface area contributed by atoms with Crippen LogP contribution in [0.3, 0.4) is 0 Å². The second kappa shape index (κ2) is 8.99. The smallest absolute Gasteiger partial charge is 0.365 e. The molecule has 3 unspecified atom stereocenters. The van der Waals surface area contributed by atoms with Gasteiger partial charge in [0.1, 0.15) is 0 Å². The van der Waals surface area contributed by atoms with Gasteiger partial charge in [-0.3, -0.25) is 4.79 Å². The number of carbonyl (C=O) groups excluding carboxylic acids is 1. The molecule has 0 saturated carbocycles. The van der Waals surface area contributed by atoms with Gasteiger partial charge < -0.3 is 9.50 Å². The molecule has 0 aromatic heterocycles. The van der Waals surface area contributed by atoms with Crippen LogP contribution < -0.4 is 9.50 Å². The number of rotatable bonds is 7. The van der Waals surface area contributed by atoms with Crippen LogP contribution in [-0.2, 0) is 15.1 Å². The van der Waals surface area contributed by atoms with Crippen LogP contribution in [0.25, 0.3) is 6.08 Å². The third-order valence-electron chi connectivity index (χ3n) is 6.48. The minimum atomic E-state index is -3.89. The number of hydrogen-bond donors (Lipinski definition) is 1. The van der Waals surface area contributed by atoms with E-state index < -0.39 is 10.3 Å². The van der Waals surface area contributed by atoms with Gasteiger partial charge in [-0.1, -0.05) is 44.9 Å². The molecule has 1 aliphatic heterocycles. The first-order valence-corrected chi connectivity index (χ1v) is 12.6. The van der Waals surface area contributed by atoms with Crippen molar-refractivity contribution in [2.24, 2.45) is 16.2 Å². The largest absolute Gasteiger partial charge is 0.428 e. The number of amides is 1. The molecular weight excluding hydrogens is 412 g/mol. The zero-order valence-electron chi connectivity index (χ0n) is 18.1. The number of nitrogens with one attached hydrogen (secondary N) is 1. The Morgan fingerprint density at radius 1 is 1.23 bits per heavy atom. The van der Waals surface area contributed by atoms with Crippen LogP contribution in [0.15, 0.2) is 34.3 Å². The van der Waals surface area contributed by atoms with Crippen molar-refractivity contribution in [3.05, 3.63) is 46.5 Å². The lowest BCUT2D eigenvalue weighted by molar-refractivity contribution is -0.117. The number of fused-ring (bicyclic) bond motifs is 2. The topological polar surface area (TPSA) is 84.8 Å². The standard InChI is InChI=1S/C24H30N2O4S/c1-3-5-6-21-20(16-7-8-18(12-16)24(27)25-11-4-2)10-9-17-14-23-19(13-22(17)21)15-26-31(28,29)30-23/h8-10,13-16,20-21H,3-7,11-12H2,1-2H3,(H,25,27). The van der Waals surface area contributed by atoms with Gasteiger partial charge in [0, 0.05) is 17.7 Å². The molecule has 4 rings (SSSR count). The first kappa shape index (κ1) is 21.8. The fourth-order valence-electron chi connectivity index (χ4n) is 4.91. The minimum Gasteiger partial charge on any atom is -0.365 e. The number of nitrogens with zero attached hydrogens (tertiary/aromatic N) is 1. The van der Waals surface area contributed by atoms with Crippen LogP contribution in [0, 0.1) is 11.8 Å². The summed E-state index contributed by atoms with van der Waals surface area (Å²) in [7, 11) is -3.89. The van der Waals surface area contributed by atoms with Gasteiger partial charge in [-0.05, 0) is 66.7 Å². The Morgan fingerprint density at radius 3 is 2.84 bits per heavy atom. The second-order valence-electron chi connectivity index (χ2n) is 8.63.